The van der Waals surface area contributed by atoms with Gasteiger partial charge in [-0.1, -0.05) is 5.21 Å². The van der Waals surface area contributed by atoms with Gasteiger partial charge in [-0.15, -0.1) is 5.10 Å². The highest BCUT2D eigenvalue weighted by Gasteiger charge is 2.28. The molecular weight excluding hydrogens is 246 g/mol. The Hall–Kier alpha value is -1.63. The van der Waals surface area contributed by atoms with Crippen molar-refractivity contribution in [2.75, 3.05) is 13.1 Å². The van der Waals surface area contributed by atoms with Crippen LogP contribution < -0.4 is 5.73 Å². The van der Waals surface area contributed by atoms with Crippen LogP contribution in [0.3, 0.4) is 0 Å². The summed E-state index contributed by atoms with van der Waals surface area (Å²) in [6.07, 6.45) is 0.438. The van der Waals surface area contributed by atoms with Crippen molar-refractivity contribution in [3.05, 3.63) is 11.4 Å². The van der Waals surface area contributed by atoms with Crippen molar-refractivity contribution in [1.82, 2.24) is 19.9 Å². The summed E-state index contributed by atoms with van der Waals surface area (Å²) in [5.41, 5.74) is 6.96. The second-order valence-electron chi connectivity index (χ2n) is 5.65. The predicted molar refractivity (Wildman–Crippen MR) is 69.4 cm³/mol. The lowest BCUT2D eigenvalue weighted by molar-refractivity contribution is 0.0220. The third-order valence-corrected chi connectivity index (χ3v) is 2.87. The number of nitrogens with two attached hydrogens (primary N) is 1. The Morgan fingerprint density at radius 2 is 2.21 bits per heavy atom. The number of amides is 1. The second kappa shape index (κ2) is 5.16. The van der Waals surface area contributed by atoms with E-state index in [1.165, 1.54) is 0 Å². The number of hydrogen-bond donors (Lipinski definition) is 1. The summed E-state index contributed by atoms with van der Waals surface area (Å²) in [6, 6.07) is 0. The molecule has 0 saturated carbocycles. The first-order valence-electron chi connectivity index (χ1n) is 6.50. The molecule has 0 spiro atoms. The Kier molecular flexibility index (Phi) is 3.75. The number of aromatic nitrogens is 3. The van der Waals surface area contributed by atoms with Crippen molar-refractivity contribution in [3.8, 4) is 0 Å². The van der Waals surface area contributed by atoms with Crippen LogP contribution in [0.15, 0.2) is 0 Å². The summed E-state index contributed by atoms with van der Waals surface area (Å²) >= 11 is 0. The molecule has 0 aromatic carbocycles. The predicted octanol–water partition coefficient (Wildman–Crippen LogP) is 0.530. The average molecular weight is 267 g/mol. The van der Waals surface area contributed by atoms with Crippen molar-refractivity contribution in [2.45, 2.75) is 45.9 Å². The molecular formula is C12H21N5O2. The molecule has 1 aromatic rings. The second-order valence-corrected chi connectivity index (χ2v) is 5.65. The minimum Gasteiger partial charge on any atom is -0.444 e. The van der Waals surface area contributed by atoms with Crippen LogP contribution in [-0.4, -0.2) is 44.7 Å². The standard InChI is InChI=1S/C12H21N5O2/c1-12(2,3)19-11(18)16-6-4-10-9(8-16)14-15-17(10)7-5-13/h4-8,13H2,1-3H3. The first-order valence-corrected chi connectivity index (χ1v) is 6.50. The van der Waals surface area contributed by atoms with E-state index in [9.17, 15) is 4.79 Å². The number of carbonyl (C=O) groups excluding carboxylic acids is 1. The Morgan fingerprint density at radius 3 is 2.84 bits per heavy atom. The number of ether oxygens (including phenoxy) is 1. The van der Waals surface area contributed by atoms with Gasteiger partial charge in [-0.05, 0) is 20.8 Å². The molecule has 2 heterocycles. The van der Waals surface area contributed by atoms with Crippen molar-refractivity contribution in [3.63, 3.8) is 0 Å². The molecule has 0 unspecified atom stereocenters. The fourth-order valence-electron chi connectivity index (χ4n) is 2.05. The van der Waals surface area contributed by atoms with Crippen LogP contribution in [0, 0.1) is 0 Å². The number of carbonyl (C=O) groups is 1. The quantitative estimate of drug-likeness (QED) is 0.844. The maximum absolute atomic E-state index is 12.0. The minimum atomic E-state index is -0.478. The largest absolute Gasteiger partial charge is 0.444 e. The number of hydrogen-bond acceptors (Lipinski definition) is 5. The van der Waals surface area contributed by atoms with Gasteiger partial charge in [0.05, 0.1) is 18.8 Å². The average Bonchev–Trinajstić information content (AvgIpc) is 2.70. The first kappa shape index (κ1) is 13.8. The molecule has 2 rings (SSSR count). The van der Waals surface area contributed by atoms with Crippen LogP contribution in [0.5, 0.6) is 0 Å². The maximum Gasteiger partial charge on any atom is 0.410 e. The fourth-order valence-corrected chi connectivity index (χ4v) is 2.05. The summed E-state index contributed by atoms with van der Waals surface area (Å²) in [5.74, 6) is 0. The summed E-state index contributed by atoms with van der Waals surface area (Å²) < 4.78 is 7.18. The molecule has 106 valence electrons. The lowest BCUT2D eigenvalue weighted by atomic mass is 10.1. The molecule has 1 amide bonds. The first-order chi connectivity index (χ1) is 8.90. The molecule has 1 aliphatic rings. The molecule has 0 radical (unpaired) electrons. The van der Waals surface area contributed by atoms with E-state index < -0.39 is 5.60 Å². The maximum atomic E-state index is 12.0. The van der Waals surface area contributed by atoms with E-state index >= 15 is 0 Å². The zero-order valence-corrected chi connectivity index (χ0v) is 11.7. The van der Waals surface area contributed by atoms with Crippen LogP contribution in [0.2, 0.25) is 0 Å². The number of fused-ring (bicyclic) bond motifs is 1. The van der Waals surface area contributed by atoms with Gasteiger partial charge in [0.15, 0.2) is 0 Å². The van der Waals surface area contributed by atoms with Crippen LogP contribution in [0.25, 0.3) is 0 Å². The Bertz CT molecular complexity index is 463. The zero-order valence-electron chi connectivity index (χ0n) is 11.7. The molecule has 7 heteroatoms. The normalized spacial score (nSPS) is 15.3. The summed E-state index contributed by atoms with van der Waals surface area (Å²) in [4.78, 5) is 13.6. The van der Waals surface area contributed by atoms with Gasteiger partial charge < -0.3 is 15.4 Å². The van der Waals surface area contributed by atoms with E-state index in [1.807, 2.05) is 25.5 Å². The van der Waals surface area contributed by atoms with Crippen LogP contribution in [0.1, 0.15) is 32.2 Å². The van der Waals surface area contributed by atoms with Crippen molar-refractivity contribution < 1.29 is 9.53 Å². The van der Waals surface area contributed by atoms with Crippen LogP contribution in [0.4, 0.5) is 4.79 Å². The molecule has 2 N–H and O–H groups in total. The summed E-state index contributed by atoms with van der Waals surface area (Å²) in [6.45, 7) is 7.85. The molecule has 0 bridgehead atoms. The van der Waals surface area contributed by atoms with Crippen LogP contribution >= 0.6 is 0 Å². The highest BCUT2D eigenvalue weighted by Crippen LogP contribution is 2.19. The Balaban J connectivity index is 2.04. The smallest absolute Gasteiger partial charge is 0.410 e. The Labute approximate surface area is 112 Å². The molecule has 1 aliphatic heterocycles. The van der Waals surface area contributed by atoms with E-state index in [1.54, 1.807) is 4.90 Å². The lowest BCUT2D eigenvalue weighted by Gasteiger charge is -2.29. The molecule has 1 aromatic heterocycles. The molecule has 0 atom stereocenters. The van der Waals surface area contributed by atoms with Gasteiger partial charge in [0.2, 0.25) is 0 Å². The summed E-state index contributed by atoms with van der Waals surface area (Å²) in [7, 11) is 0. The van der Waals surface area contributed by atoms with Gasteiger partial charge in [-0.3, -0.25) is 0 Å². The van der Waals surface area contributed by atoms with Gasteiger partial charge in [-0.2, -0.15) is 0 Å². The lowest BCUT2D eigenvalue weighted by Crippen LogP contribution is -2.40. The third-order valence-electron chi connectivity index (χ3n) is 2.87. The van der Waals surface area contributed by atoms with E-state index in [0.717, 1.165) is 17.8 Å². The molecule has 7 nitrogen and oxygen atoms in total. The third kappa shape index (κ3) is 3.23. The summed E-state index contributed by atoms with van der Waals surface area (Å²) in [5, 5.41) is 8.18. The van der Waals surface area contributed by atoms with Gasteiger partial charge >= 0.3 is 6.09 Å². The van der Waals surface area contributed by atoms with Gasteiger partial charge in [0, 0.05) is 19.5 Å². The fraction of sp³-hybridized carbons (Fsp3) is 0.750. The van der Waals surface area contributed by atoms with E-state index in [-0.39, 0.29) is 6.09 Å². The molecule has 0 aliphatic carbocycles. The van der Waals surface area contributed by atoms with Crippen LogP contribution in [-0.2, 0) is 24.2 Å². The Morgan fingerprint density at radius 1 is 1.47 bits per heavy atom. The zero-order chi connectivity index (χ0) is 14.0. The SMILES string of the molecule is CC(C)(C)OC(=O)N1CCc2c(nnn2CCN)C1. The monoisotopic (exact) mass is 267 g/mol. The molecule has 0 saturated heterocycles. The van der Waals surface area contributed by atoms with Gasteiger partial charge in [0.1, 0.15) is 11.3 Å². The molecule has 0 fully saturated rings. The van der Waals surface area contributed by atoms with Gasteiger partial charge in [-0.25, -0.2) is 9.48 Å². The van der Waals surface area contributed by atoms with Crippen molar-refractivity contribution >= 4 is 6.09 Å². The number of nitrogens with zero attached hydrogens (tertiary/aromatic N) is 4. The highest BCUT2D eigenvalue weighted by molar-refractivity contribution is 5.68. The van der Waals surface area contributed by atoms with Gasteiger partial charge in [0.25, 0.3) is 0 Å². The minimum absolute atomic E-state index is 0.300. The van der Waals surface area contributed by atoms with Crippen molar-refractivity contribution in [1.29, 1.82) is 0 Å². The topological polar surface area (TPSA) is 86.3 Å². The highest BCUT2D eigenvalue weighted by atomic mass is 16.6. The number of rotatable bonds is 2. The van der Waals surface area contributed by atoms with E-state index in [4.69, 9.17) is 10.5 Å². The van der Waals surface area contributed by atoms with E-state index in [0.29, 0.717) is 26.2 Å². The molecule has 19 heavy (non-hydrogen) atoms. The van der Waals surface area contributed by atoms with E-state index in [2.05, 4.69) is 10.3 Å². The van der Waals surface area contributed by atoms with Crippen molar-refractivity contribution in [2.24, 2.45) is 5.73 Å².